The van der Waals surface area contributed by atoms with E-state index in [1.807, 2.05) is 36.4 Å². The molecule has 13 heteroatoms. The Labute approximate surface area is 285 Å². The van der Waals surface area contributed by atoms with E-state index in [-0.39, 0.29) is 24.5 Å². The summed E-state index contributed by atoms with van der Waals surface area (Å²) in [6.45, 7) is 8.19. The second-order valence-corrected chi connectivity index (χ2v) is 11.5. The van der Waals surface area contributed by atoms with Crippen molar-refractivity contribution in [3.8, 4) is 23.0 Å². The number of anilines is 2. The van der Waals surface area contributed by atoms with Crippen molar-refractivity contribution in [2.75, 3.05) is 36.6 Å². The topological polar surface area (TPSA) is 132 Å². The molecule has 0 bridgehead atoms. The zero-order valence-corrected chi connectivity index (χ0v) is 28.6. The molecule has 3 aromatic carbocycles. The van der Waals surface area contributed by atoms with E-state index in [4.69, 9.17) is 30.5 Å². The van der Waals surface area contributed by atoms with Crippen LogP contribution in [0.3, 0.4) is 0 Å². The Hall–Kier alpha value is -4.30. The van der Waals surface area contributed by atoms with Crippen molar-refractivity contribution >= 4 is 75.4 Å². The van der Waals surface area contributed by atoms with Crippen LogP contribution in [0.2, 0.25) is 5.02 Å². The fourth-order valence-corrected chi connectivity index (χ4v) is 5.34. The molecule has 1 heterocycles. The molecule has 2 N–H and O–H groups in total. The van der Waals surface area contributed by atoms with Crippen LogP contribution in [0.4, 0.5) is 16.2 Å². The molecule has 0 unspecified atom stereocenters. The van der Waals surface area contributed by atoms with E-state index in [2.05, 4.69) is 10.6 Å². The van der Waals surface area contributed by atoms with Crippen LogP contribution in [0.5, 0.6) is 23.0 Å². The summed E-state index contributed by atoms with van der Waals surface area (Å²) in [5.41, 5.74) is 1.78. The van der Waals surface area contributed by atoms with Gasteiger partial charge in [0, 0.05) is 16.8 Å². The molecule has 1 fully saturated rings. The number of barbiturate groups is 1. The number of halogens is 2. The second kappa shape index (κ2) is 15.8. The summed E-state index contributed by atoms with van der Waals surface area (Å²) >= 11 is 8.17. The number of ether oxygens (including phenoxy) is 4. The number of rotatable bonds is 13. The lowest BCUT2D eigenvalue weighted by atomic mass is 10.1. The molecule has 1 aliphatic rings. The summed E-state index contributed by atoms with van der Waals surface area (Å²) < 4.78 is 23.6. The predicted molar refractivity (Wildman–Crippen MR) is 183 cm³/mol. The average molecular weight is 762 g/mol. The van der Waals surface area contributed by atoms with E-state index >= 15 is 0 Å². The van der Waals surface area contributed by atoms with Crippen molar-refractivity contribution in [1.29, 1.82) is 0 Å². The van der Waals surface area contributed by atoms with Crippen molar-refractivity contribution < 1.29 is 38.1 Å². The van der Waals surface area contributed by atoms with Crippen molar-refractivity contribution in [3.63, 3.8) is 0 Å². The molecule has 3 aromatic rings. The third-order valence-electron chi connectivity index (χ3n) is 6.49. The third kappa shape index (κ3) is 8.29. The van der Waals surface area contributed by atoms with Gasteiger partial charge in [-0.1, -0.05) is 24.6 Å². The summed E-state index contributed by atoms with van der Waals surface area (Å²) in [6, 6.07) is 12.2. The highest BCUT2D eigenvalue weighted by Gasteiger charge is 2.37. The van der Waals surface area contributed by atoms with Crippen LogP contribution in [-0.4, -0.2) is 50.2 Å². The number of carbonyl (C=O) groups excluding carboxylic acids is 4. The number of amides is 5. The van der Waals surface area contributed by atoms with Crippen LogP contribution in [0.25, 0.3) is 6.08 Å². The minimum Gasteiger partial charge on any atom is -0.490 e. The van der Waals surface area contributed by atoms with E-state index in [1.165, 1.54) is 12.1 Å². The summed E-state index contributed by atoms with van der Waals surface area (Å²) in [7, 11) is 0. The first-order chi connectivity index (χ1) is 22.1. The van der Waals surface area contributed by atoms with Gasteiger partial charge in [-0.05, 0) is 103 Å². The van der Waals surface area contributed by atoms with Gasteiger partial charge in [0.25, 0.3) is 17.7 Å². The largest absolute Gasteiger partial charge is 0.490 e. The molecule has 0 aromatic heterocycles. The normalized spacial score (nSPS) is 13.8. The number of urea groups is 1. The molecular weight excluding hydrogens is 729 g/mol. The Morgan fingerprint density at radius 1 is 0.935 bits per heavy atom. The molecule has 242 valence electrons. The number of imide groups is 2. The summed E-state index contributed by atoms with van der Waals surface area (Å²) in [5.74, 6) is -0.628. The zero-order valence-electron chi connectivity index (χ0n) is 25.7. The van der Waals surface area contributed by atoms with Crippen molar-refractivity contribution in [3.05, 3.63) is 73.8 Å². The standard InChI is InChI=1S/C33H33ClIN3O8/c1-5-12-45-26-11-10-22(17-27(26)43-6-2)38-32(41)23(31(40)37-33(38)42)13-20-14-25(35)30(28(15-20)44-7-3)46-18-29(39)36-21-9-8-19(4)24(34)16-21/h8-11,13-17H,5-7,12,18H2,1-4H3,(H,36,39)(H,37,40,42)/b23-13+. The fourth-order valence-electron chi connectivity index (χ4n) is 4.37. The van der Waals surface area contributed by atoms with Gasteiger partial charge in [-0.15, -0.1) is 0 Å². The maximum atomic E-state index is 13.6. The number of nitrogens with zero attached hydrogens (tertiary/aromatic N) is 1. The van der Waals surface area contributed by atoms with E-state index in [0.29, 0.717) is 56.1 Å². The molecule has 0 atom stereocenters. The molecule has 4 rings (SSSR count). The molecule has 46 heavy (non-hydrogen) atoms. The molecule has 0 spiro atoms. The van der Waals surface area contributed by atoms with Crippen LogP contribution in [0, 0.1) is 10.5 Å². The first-order valence-corrected chi connectivity index (χ1v) is 16.0. The van der Waals surface area contributed by atoms with E-state index in [9.17, 15) is 19.2 Å². The lowest BCUT2D eigenvalue weighted by Crippen LogP contribution is -2.54. The fraction of sp³-hybridized carbons (Fsp3) is 0.273. The van der Waals surface area contributed by atoms with Gasteiger partial charge in [0.2, 0.25) is 0 Å². The highest BCUT2D eigenvalue weighted by atomic mass is 127. The van der Waals surface area contributed by atoms with Crippen LogP contribution < -0.4 is 34.5 Å². The lowest BCUT2D eigenvalue weighted by Gasteiger charge is -2.27. The molecule has 0 saturated carbocycles. The lowest BCUT2D eigenvalue weighted by molar-refractivity contribution is -0.122. The quantitative estimate of drug-likeness (QED) is 0.114. The Balaban J connectivity index is 1.59. The van der Waals surface area contributed by atoms with Gasteiger partial charge in [-0.2, -0.15) is 0 Å². The van der Waals surface area contributed by atoms with Gasteiger partial charge in [0.05, 0.1) is 29.1 Å². The Bertz CT molecular complexity index is 1690. The molecule has 1 aliphatic heterocycles. The van der Waals surface area contributed by atoms with Crippen LogP contribution in [0.1, 0.15) is 38.3 Å². The third-order valence-corrected chi connectivity index (χ3v) is 7.70. The van der Waals surface area contributed by atoms with E-state index < -0.39 is 23.8 Å². The summed E-state index contributed by atoms with van der Waals surface area (Å²) in [5, 5.41) is 5.50. The van der Waals surface area contributed by atoms with Crippen LogP contribution in [0.15, 0.2) is 54.1 Å². The number of carbonyl (C=O) groups is 4. The van der Waals surface area contributed by atoms with Crippen molar-refractivity contribution in [2.45, 2.75) is 34.1 Å². The van der Waals surface area contributed by atoms with E-state index in [0.717, 1.165) is 16.9 Å². The van der Waals surface area contributed by atoms with Crippen LogP contribution >= 0.6 is 34.2 Å². The van der Waals surface area contributed by atoms with E-state index in [1.54, 1.807) is 56.3 Å². The van der Waals surface area contributed by atoms with Gasteiger partial charge in [0.1, 0.15) is 5.57 Å². The Kier molecular flexibility index (Phi) is 11.9. The minimum atomic E-state index is -0.892. The molecule has 1 saturated heterocycles. The molecule has 0 radical (unpaired) electrons. The predicted octanol–water partition coefficient (Wildman–Crippen LogP) is 6.52. The molecule has 5 amide bonds. The smallest absolute Gasteiger partial charge is 0.335 e. The van der Waals surface area contributed by atoms with Gasteiger partial charge in [-0.25, -0.2) is 9.69 Å². The van der Waals surface area contributed by atoms with Crippen LogP contribution in [-0.2, 0) is 14.4 Å². The Morgan fingerprint density at radius 2 is 1.67 bits per heavy atom. The van der Waals surface area contributed by atoms with Crippen molar-refractivity contribution in [2.24, 2.45) is 0 Å². The number of hydrogen-bond acceptors (Lipinski definition) is 8. The first kappa shape index (κ1) is 34.6. The second-order valence-electron chi connectivity index (χ2n) is 9.93. The highest BCUT2D eigenvalue weighted by molar-refractivity contribution is 14.1. The monoisotopic (exact) mass is 761 g/mol. The van der Waals surface area contributed by atoms with Crippen molar-refractivity contribution in [1.82, 2.24) is 5.32 Å². The van der Waals surface area contributed by atoms with Gasteiger partial charge in [-0.3, -0.25) is 19.7 Å². The summed E-state index contributed by atoms with van der Waals surface area (Å²) in [6.07, 6.45) is 2.15. The average Bonchev–Trinajstić information content (AvgIpc) is 3.00. The Morgan fingerprint density at radius 3 is 2.37 bits per heavy atom. The van der Waals surface area contributed by atoms with Gasteiger partial charge in [0.15, 0.2) is 29.6 Å². The van der Waals surface area contributed by atoms with Gasteiger partial charge >= 0.3 is 6.03 Å². The molecule has 11 nitrogen and oxygen atoms in total. The SMILES string of the molecule is CCCOc1ccc(N2C(=O)NC(=O)/C(=C\c3cc(I)c(OCC(=O)Nc4ccc(C)c(Cl)c4)c(OCC)c3)C2=O)cc1OCC. The first-order valence-electron chi connectivity index (χ1n) is 14.5. The summed E-state index contributed by atoms with van der Waals surface area (Å²) in [4.78, 5) is 52.8. The number of benzene rings is 3. The molecular formula is C33H33ClIN3O8. The number of aryl methyl sites for hydroxylation is 1. The molecule has 0 aliphatic carbocycles. The maximum Gasteiger partial charge on any atom is 0.335 e. The number of hydrogen-bond donors (Lipinski definition) is 2. The van der Waals surface area contributed by atoms with Gasteiger partial charge < -0.3 is 24.3 Å². The minimum absolute atomic E-state index is 0.202. The zero-order chi connectivity index (χ0) is 33.4. The maximum absolute atomic E-state index is 13.6. The highest BCUT2D eigenvalue weighted by Crippen LogP contribution is 2.36. The number of nitrogens with one attached hydrogen (secondary N) is 2.